The van der Waals surface area contributed by atoms with E-state index in [9.17, 15) is 14.3 Å². The van der Waals surface area contributed by atoms with Crippen molar-refractivity contribution < 1.29 is 23.8 Å². The first kappa shape index (κ1) is 28.0. The SMILES string of the molecule is C#Cc1cc(C[C@H](NC(=O)COC)[C@H](O)CN[C@H]2CC3(CCC3)Oc3ncc(CC(C)C)cc32)ccc1F. The molecule has 204 valence electrons. The summed E-state index contributed by atoms with van der Waals surface area (Å²) in [7, 11) is 1.44. The highest BCUT2D eigenvalue weighted by molar-refractivity contribution is 5.77. The molecule has 1 saturated carbocycles. The van der Waals surface area contributed by atoms with Gasteiger partial charge in [0.1, 0.15) is 18.0 Å². The summed E-state index contributed by atoms with van der Waals surface area (Å²) in [4.78, 5) is 17.0. The number of nitrogens with zero attached hydrogens (tertiary/aromatic N) is 1. The summed E-state index contributed by atoms with van der Waals surface area (Å²) in [6.07, 6.45) is 11.5. The summed E-state index contributed by atoms with van der Waals surface area (Å²) in [5, 5.41) is 17.6. The summed E-state index contributed by atoms with van der Waals surface area (Å²) in [6, 6.07) is 5.98. The highest BCUT2D eigenvalue weighted by Crippen LogP contribution is 2.48. The van der Waals surface area contributed by atoms with Crippen LogP contribution in [0.4, 0.5) is 4.39 Å². The number of benzene rings is 1. The van der Waals surface area contributed by atoms with E-state index < -0.39 is 18.0 Å². The Morgan fingerprint density at radius 2 is 2.11 bits per heavy atom. The standard InChI is InChI=1S/C30H38FN3O4/c1-5-22-12-20(7-8-24(22)31)14-25(34-28(36)18-37-4)27(35)17-32-26-15-30(9-6-10-30)38-29-23(26)13-21(16-33-29)11-19(2)3/h1,7-8,12-13,16,19,25-27,32,35H,6,9-11,14-15,17-18H2,2-4H3,(H,34,36)/t25-,26-,27+/m0/s1. The molecule has 0 saturated heterocycles. The van der Waals surface area contributed by atoms with Crippen LogP contribution in [0.15, 0.2) is 30.5 Å². The van der Waals surface area contributed by atoms with Gasteiger partial charge in [0.25, 0.3) is 0 Å². The number of hydrogen-bond acceptors (Lipinski definition) is 6. The van der Waals surface area contributed by atoms with Crippen LogP contribution < -0.4 is 15.4 Å². The molecule has 1 aromatic carbocycles. The van der Waals surface area contributed by atoms with Crippen LogP contribution in [0.2, 0.25) is 0 Å². The fraction of sp³-hybridized carbons (Fsp3) is 0.533. The van der Waals surface area contributed by atoms with Gasteiger partial charge in [-0.2, -0.15) is 0 Å². The molecule has 1 aliphatic heterocycles. The number of nitrogens with one attached hydrogen (secondary N) is 2. The molecule has 1 fully saturated rings. The molecule has 1 aliphatic carbocycles. The van der Waals surface area contributed by atoms with Crippen LogP contribution in [-0.4, -0.2) is 54.0 Å². The minimum Gasteiger partial charge on any atom is -0.471 e. The monoisotopic (exact) mass is 523 g/mol. The normalized spacial score (nSPS) is 19.1. The van der Waals surface area contributed by atoms with Gasteiger partial charge >= 0.3 is 0 Å². The third-order valence-corrected chi connectivity index (χ3v) is 7.41. The molecule has 2 aromatic rings. The number of fused-ring (bicyclic) bond motifs is 1. The number of halogens is 1. The Morgan fingerprint density at radius 3 is 2.76 bits per heavy atom. The molecule has 0 radical (unpaired) electrons. The molecule has 1 aromatic heterocycles. The van der Waals surface area contributed by atoms with E-state index in [0.29, 0.717) is 17.4 Å². The minimum atomic E-state index is -0.925. The molecule has 38 heavy (non-hydrogen) atoms. The Kier molecular flexibility index (Phi) is 9.03. The molecule has 3 atom stereocenters. The topological polar surface area (TPSA) is 92.7 Å². The van der Waals surface area contributed by atoms with E-state index in [4.69, 9.17) is 15.9 Å². The van der Waals surface area contributed by atoms with E-state index in [0.717, 1.165) is 43.2 Å². The lowest BCUT2D eigenvalue weighted by Crippen LogP contribution is -2.52. The van der Waals surface area contributed by atoms with Crippen LogP contribution in [0.1, 0.15) is 67.8 Å². The number of ether oxygens (including phenoxy) is 2. The van der Waals surface area contributed by atoms with Crippen LogP contribution in [-0.2, 0) is 22.4 Å². The van der Waals surface area contributed by atoms with Crippen LogP contribution in [0.5, 0.6) is 5.88 Å². The van der Waals surface area contributed by atoms with E-state index in [2.05, 4.69) is 41.5 Å². The zero-order chi connectivity index (χ0) is 27.3. The number of hydrogen-bond donors (Lipinski definition) is 3. The summed E-state index contributed by atoms with van der Waals surface area (Å²) < 4.78 is 25.2. The third kappa shape index (κ3) is 6.71. The van der Waals surface area contributed by atoms with Crippen molar-refractivity contribution in [3.05, 3.63) is 58.5 Å². The Balaban J connectivity index is 1.51. The Labute approximate surface area is 224 Å². The molecule has 4 rings (SSSR count). The maximum atomic E-state index is 13.9. The van der Waals surface area contributed by atoms with E-state index in [-0.39, 0.29) is 42.7 Å². The van der Waals surface area contributed by atoms with Crippen LogP contribution >= 0.6 is 0 Å². The van der Waals surface area contributed by atoms with Crippen LogP contribution in [0.3, 0.4) is 0 Å². The van der Waals surface area contributed by atoms with Gasteiger partial charge in [0.05, 0.1) is 17.7 Å². The first-order valence-electron chi connectivity index (χ1n) is 13.3. The first-order valence-corrected chi connectivity index (χ1v) is 13.3. The van der Waals surface area contributed by atoms with Gasteiger partial charge < -0.3 is 25.2 Å². The van der Waals surface area contributed by atoms with Crippen molar-refractivity contribution in [2.45, 2.75) is 76.2 Å². The van der Waals surface area contributed by atoms with Gasteiger partial charge in [0, 0.05) is 37.9 Å². The molecule has 1 spiro atoms. The molecule has 2 heterocycles. The Hall–Kier alpha value is -2.99. The first-order chi connectivity index (χ1) is 18.2. The average molecular weight is 524 g/mol. The van der Waals surface area contributed by atoms with E-state index in [1.807, 2.05) is 6.20 Å². The third-order valence-electron chi connectivity index (χ3n) is 7.41. The zero-order valence-electron chi connectivity index (χ0n) is 22.4. The number of pyridine rings is 1. The van der Waals surface area contributed by atoms with Crippen molar-refractivity contribution in [3.8, 4) is 18.2 Å². The molecule has 3 N–H and O–H groups in total. The summed E-state index contributed by atoms with van der Waals surface area (Å²) in [5.41, 5.74) is 2.81. The highest BCUT2D eigenvalue weighted by atomic mass is 19.1. The smallest absolute Gasteiger partial charge is 0.246 e. The summed E-state index contributed by atoms with van der Waals surface area (Å²) in [5.74, 6) is 2.68. The predicted molar refractivity (Wildman–Crippen MR) is 143 cm³/mol. The van der Waals surface area contributed by atoms with Crippen molar-refractivity contribution in [3.63, 3.8) is 0 Å². The van der Waals surface area contributed by atoms with Gasteiger partial charge in [-0.3, -0.25) is 4.79 Å². The number of carbonyl (C=O) groups excluding carboxylic acids is 1. The van der Waals surface area contributed by atoms with Gasteiger partial charge in [-0.25, -0.2) is 9.37 Å². The fourth-order valence-electron chi connectivity index (χ4n) is 5.35. The van der Waals surface area contributed by atoms with Crippen molar-refractivity contribution in [2.24, 2.45) is 5.92 Å². The van der Waals surface area contributed by atoms with Crippen molar-refractivity contribution in [1.82, 2.24) is 15.6 Å². The van der Waals surface area contributed by atoms with E-state index in [1.165, 1.54) is 13.2 Å². The number of amides is 1. The summed E-state index contributed by atoms with van der Waals surface area (Å²) in [6.45, 7) is 4.46. The maximum Gasteiger partial charge on any atom is 0.246 e. The predicted octanol–water partition coefficient (Wildman–Crippen LogP) is 3.47. The second-order valence-corrected chi connectivity index (χ2v) is 11.0. The largest absolute Gasteiger partial charge is 0.471 e. The minimum absolute atomic E-state index is 0.0393. The lowest BCUT2D eigenvalue weighted by molar-refractivity contribution is -0.126. The van der Waals surface area contributed by atoms with Crippen molar-refractivity contribution in [2.75, 3.05) is 20.3 Å². The second-order valence-electron chi connectivity index (χ2n) is 11.0. The van der Waals surface area contributed by atoms with Crippen LogP contribution in [0, 0.1) is 24.1 Å². The quantitative estimate of drug-likeness (QED) is 0.391. The zero-order valence-corrected chi connectivity index (χ0v) is 22.4. The maximum absolute atomic E-state index is 13.9. The average Bonchev–Trinajstić information content (AvgIpc) is 2.86. The number of rotatable bonds is 11. The van der Waals surface area contributed by atoms with E-state index in [1.54, 1.807) is 12.1 Å². The van der Waals surface area contributed by atoms with Crippen LogP contribution in [0.25, 0.3) is 0 Å². The fourth-order valence-corrected chi connectivity index (χ4v) is 5.35. The number of carbonyl (C=O) groups is 1. The molecule has 8 heteroatoms. The number of methoxy groups -OCH3 is 1. The van der Waals surface area contributed by atoms with Gasteiger partial charge in [-0.05, 0) is 67.3 Å². The Bertz CT molecular complexity index is 1170. The number of aliphatic hydroxyl groups excluding tert-OH is 1. The lowest BCUT2D eigenvalue weighted by Gasteiger charge is -2.47. The van der Waals surface area contributed by atoms with Crippen molar-refractivity contribution >= 4 is 5.91 Å². The molecule has 2 aliphatic rings. The molecule has 0 unspecified atom stereocenters. The molecular formula is C30H38FN3O4. The van der Waals surface area contributed by atoms with Gasteiger partial charge in [0.15, 0.2) is 0 Å². The van der Waals surface area contributed by atoms with Gasteiger partial charge in [0.2, 0.25) is 11.8 Å². The number of terminal acetylenes is 1. The Morgan fingerprint density at radius 1 is 1.32 bits per heavy atom. The van der Waals surface area contributed by atoms with Gasteiger partial charge in [-0.15, -0.1) is 6.42 Å². The number of aliphatic hydroxyl groups is 1. The molecule has 1 amide bonds. The molecule has 0 bridgehead atoms. The number of aromatic nitrogens is 1. The lowest BCUT2D eigenvalue weighted by atomic mass is 9.73. The van der Waals surface area contributed by atoms with Crippen molar-refractivity contribution in [1.29, 1.82) is 0 Å². The molecular weight excluding hydrogens is 485 g/mol. The summed E-state index contributed by atoms with van der Waals surface area (Å²) >= 11 is 0. The van der Waals surface area contributed by atoms with E-state index >= 15 is 0 Å². The highest BCUT2D eigenvalue weighted by Gasteiger charge is 2.46. The second kappa shape index (κ2) is 12.2. The molecule has 7 nitrogen and oxygen atoms in total. The van der Waals surface area contributed by atoms with Gasteiger partial charge in [-0.1, -0.05) is 25.8 Å².